The van der Waals surface area contributed by atoms with E-state index in [1.54, 1.807) is 0 Å². The summed E-state index contributed by atoms with van der Waals surface area (Å²) in [5.74, 6) is 0. The normalized spacial score (nSPS) is 29.8. The molecule has 1 aliphatic rings. The van der Waals surface area contributed by atoms with Gasteiger partial charge in [0, 0.05) is 13.1 Å². The first-order valence-electron chi connectivity index (χ1n) is 4.30. The molecule has 1 atom stereocenters. The Morgan fingerprint density at radius 2 is 2.50 bits per heavy atom. The van der Waals surface area contributed by atoms with Crippen molar-refractivity contribution in [1.82, 2.24) is 10.6 Å². The van der Waals surface area contributed by atoms with Crippen molar-refractivity contribution < 1.29 is 9.90 Å². The van der Waals surface area contributed by atoms with Gasteiger partial charge in [0.2, 0.25) is 0 Å². The van der Waals surface area contributed by atoms with E-state index in [0.717, 1.165) is 25.9 Å². The molecular weight excluding hydrogens is 156 g/mol. The number of carboxylic acid groups (broad SMARTS) is 1. The van der Waals surface area contributed by atoms with Crippen LogP contribution >= 0.6 is 0 Å². The molecule has 1 aliphatic heterocycles. The van der Waals surface area contributed by atoms with Gasteiger partial charge in [0.05, 0.1) is 0 Å². The van der Waals surface area contributed by atoms with E-state index in [1.807, 2.05) is 0 Å². The Morgan fingerprint density at radius 1 is 1.75 bits per heavy atom. The fraction of sp³-hybridized carbons (Fsp3) is 0.875. The Kier molecular flexibility index (Phi) is 2.92. The maximum Gasteiger partial charge on any atom is 0.404 e. The van der Waals surface area contributed by atoms with Crippen molar-refractivity contribution in [2.75, 3.05) is 19.6 Å². The average Bonchev–Trinajstić information content (AvgIpc) is 2.03. The van der Waals surface area contributed by atoms with E-state index in [9.17, 15) is 4.79 Å². The van der Waals surface area contributed by atoms with Crippen LogP contribution in [0.15, 0.2) is 0 Å². The lowest BCUT2D eigenvalue weighted by Crippen LogP contribution is -2.45. The van der Waals surface area contributed by atoms with Crippen LogP contribution < -0.4 is 10.6 Å². The topological polar surface area (TPSA) is 61.4 Å². The number of piperidine rings is 1. The van der Waals surface area contributed by atoms with Crippen LogP contribution in [-0.2, 0) is 0 Å². The lowest BCUT2D eigenvalue weighted by molar-refractivity contribution is 0.177. The van der Waals surface area contributed by atoms with Crippen LogP contribution in [0.1, 0.15) is 19.8 Å². The van der Waals surface area contributed by atoms with Gasteiger partial charge in [-0.1, -0.05) is 6.92 Å². The van der Waals surface area contributed by atoms with Gasteiger partial charge in [0.1, 0.15) is 0 Å². The van der Waals surface area contributed by atoms with Gasteiger partial charge < -0.3 is 15.7 Å². The van der Waals surface area contributed by atoms with E-state index in [0.29, 0.717) is 6.54 Å². The van der Waals surface area contributed by atoms with Gasteiger partial charge in [-0.2, -0.15) is 0 Å². The van der Waals surface area contributed by atoms with E-state index >= 15 is 0 Å². The van der Waals surface area contributed by atoms with Gasteiger partial charge in [-0.15, -0.1) is 0 Å². The highest BCUT2D eigenvalue weighted by atomic mass is 16.4. The van der Waals surface area contributed by atoms with Crippen LogP contribution in [0.2, 0.25) is 0 Å². The summed E-state index contributed by atoms with van der Waals surface area (Å²) in [7, 11) is 0. The fourth-order valence-corrected chi connectivity index (χ4v) is 1.56. The highest BCUT2D eigenvalue weighted by Crippen LogP contribution is 2.23. The molecule has 0 aromatic rings. The summed E-state index contributed by atoms with van der Waals surface area (Å²) in [6.45, 7) is 4.63. The summed E-state index contributed by atoms with van der Waals surface area (Å²) in [5.41, 5.74) is 0.108. The first kappa shape index (κ1) is 9.32. The zero-order valence-corrected chi connectivity index (χ0v) is 7.39. The lowest BCUT2D eigenvalue weighted by Gasteiger charge is -2.33. The van der Waals surface area contributed by atoms with E-state index < -0.39 is 6.09 Å². The lowest BCUT2D eigenvalue weighted by atomic mass is 9.83. The number of rotatable bonds is 2. The number of nitrogens with one attached hydrogen (secondary N) is 2. The number of hydrogen-bond acceptors (Lipinski definition) is 2. The minimum Gasteiger partial charge on any atom is -0.465 e. The smallest absolute Gasteiger partial charge is 0.404 e. The van der Waals surface area contributed by atoms with Crippen LogP contribution in [0.4, 0.5) is 4.79 Å². The molecule has 1 unspecified atom stereocenters. The third-order valence-electron chi connectivity index (χ3n) is 2.35. The molecule has 0 spiro atoms. The summed E-state index contributed by atoms with van der Waals surface area (Å²) >= 11 is 0. The molecule has 1 rings (SSSR count). The summed E-state index contributed by atoms with van der Waals surface area (Å²) < 4.78 is 0. The molecule has 4 heteroatoms. The van der Waals surface area contributed by atoms with E-state index in [4.69, 9.17) is 5.11 Å². The van der Waals surface area contributed by atoms with Crippen LogP contribution in [-0.4, -0.2) is 30.8 Å². The predicted octanol–water partition coefficient (Wildman–Crippen LogP) is 0.644. The highest BCUT2D eigenvalue weighted by Gasteiger charge is 2.26. The summed E-state index contributed by atoms with van der Waals surface area (Å²) in [4.78, 5) is 10.3. The minimum atomic E-state index is -0.929. The van der Waals surface area contributed by atoms with Crippen molar-refractivity contribution in [2.24, 2.45) is 5.41 Å². The molecule has 1 fully saturated rings. The second kappa shape index (κ2) is 3.76. The van der Waals surface area contributed by atoms with Crippen molar-refractivity contribution >= 4 is 6.09 Å². The molecule has 0 aliphatic carbocycles. The zero-order valence-electron chi connectivity index (χ0n) is 7.39. The Hall–Kier alpha value is -0.770. The Labute approximate surface area is 72.3 Å². The maximum absolute atomic E-state index is 10.3. The molecule has 12 heavy (non-hydrogen) atoms. The quantitative estimate of drug-likeness (QED) is 0.573. The molecule has 3 N–H and O–H groups in total. The van der Waals surface area contributed by atoms with Gasteiger partial charge in [0.25, 0.3) is 0 Å². The second-order valence-corrected chi connectivity index (χ2v) is 3.75. The molecule has 1 saturated heterocycles. The molecule has 0 radical (unpaired) electrons. The van der Waals surface area contributed by atoms with E-state index in [1.165, 1.54) is 0 Å². The Morgan fingerprint density at radius 3 is 3.00 bits per heavy atom. The molecule has 0 aromatic heterocycles. The van der Waals surface area contributed by atoms with Gasteiger partial charge in [0.15, 0.2) is 0 Å². The van der Waals surface area contributed by atoms with E-state index in [2.05, 4.69) is 17.6 Å². The number of hydrogen-bond donors (Lipinski definition) is 3. The van der Waals surface area contributed by atoms with Gasteiger partial charge >= 0.3 is 6.09 Å². The highest BCUT2D eigenvalue weighted by molar-refractivity contribution is 5.64. The second-order valence-electron chi connectivity index (χ2n) is 3.75. The summed E-state index contributed by atoms with van der Waals surface area (Å²) in [6, 6.07) is 0. The molecule has 0 aromatic carbocycles. The molecule has 0 bridgehead atoms. The van der Waals surface area contributed by atoms with Gasteiger partial charge in [-0.3, -0.25) is 0 Å². The Balaban J connectivity index is 2.31. The number of amides is 1. The van der Waals surface area contributed by atoms with E-state index in [-0.39, 0.29) is 5.41 Å². The molecule has 70 valence electrons. The minimum absolute atomic E-state index is 0.108. The molecular formula is C8H16N2O2. The fourth-order valence-electron chi connectivity index (χ4n) is 1.56. The molecule has 1 amide bonds. The SMILES string of the molecule is CC1(CNC(=O)O)CCCNC1. The average molecular weight is 172 g/mol. The van der Waals surface area contributed by atoms with Crippen LogP contribution in [0.25, 0.3) is 0 Å². The van der Waals surface area contributed by atoms with Crippen molar-refractivity contribution in [3.05, 3.63) is 0 Å². The molecule has 0 saturated carbocycles. The third kappa shape index (κ3) is 2.70. The van der Waals surface area contributed by atoms with Crippen molar-refractivity contribution in [3.8, 4) is 0 Å². The van der Waals surface area contributed by atoms with Gasteiger partial charge in [-0.25, -0.2) is 4.79 Å². The first-order chi connectivity index (χ1) is 5.62. The largest absolute Gasteiger partial charge is 0.465 e. The van der Waals surface area contributed by atoms with Crippen molar-refractivity contribution in [2.45, 2.75) is 19.8 Å². The third-order valence-corrected chi connectivity index (χ3v) is 2.35. The standard InChI is InChI=1S/C8H16N2O2/c1-8(6-10-7(11)12)3-2-4-9-5-8/h9-10H,2-6H2,1H3,(H,11,12). The Bertz CT molecular complexity index is 164. The van der Waals surface area contributed by atoms with Crippen LogP contribution in [0, 0.1) is 5.41 Å². The summed E-state index contributed by atoms with van der Waals surface area (Å²) in [6.07, 6.45) is 1.31. The maximum atomic E-state index is 10.3. The first-order valence-corrected chi connectivity index (χ1v) is 4.30. The van der Waals surface area contributed by atoms with Gasteiger partial charge in [-0.05, 0) is 24.8 Å². The molecule has 4 nitrogen and oxygen atoms in total. The number of carbonyl (C=O) groups is 1. The summed E-state index contributed by atoms with van der Waals surface area (Å²) in [5, 5.41) is 14.1. The van der Waals surface area contributed by atoms with Crippen molar-refractivity contribution in [3.63, 3.8) is 0 Å². The van der Waals surface area contributed by atoms with Crippen molar-refractivity contribution in [1.29, 1.82) is 0 Å². The predicted molar refractivity (Wildman–Crippen MR) is 46.2 cm³/mol. The molecule has 1 heterocycles. The van der Waals surface area contributed by atoms with Crippen LogP contribution in [0.5, 0.6) is 0 Å². The van der Waals surface area contributed by atoms with Crippen LogP contribution in [0.3, 0.4) is 0 Å². The monoisotopic (exact) mass is 172 g/mol. The zero-order chi connectivity index (χ0) is 9.03.